The lowest BCUT2D eigenvalue weighted by Gasteiger charge is -2.10. The van der Waals surface area contributed by atoms with Crippen molar-refractivity contribution in [1.82, 2.24) is 34.5 Å². The molecular weight excluding hydrogens is 448 g/mol. The Morgan fingerprint density at radius 3 is 2.82 bits per heavy atom. The molecule has 0 aliphatic heterocycles. The molecule has 0 bridgehead atoms. The molecule has 33 heavy (non-hydrogen) atoms. The second-order valence-electron chi connectivity index (χ2n) is 7.18. The van der Waals surface area contributed by atoms with Crippen molar-refractivity contribution in [3.63, 3.8) is 0 Å². The molecule has 4 aromatic rings. The van der Waals surface area contributed by atoms with E-state index in [-0.39, 0.29) is 11.8 Å². The lowest BCUT2D eigenvalue weighted by Crippen LogP contribution is -2.13. The summed E-state index contributed by atoms with van der Waals surface area (Å²) in [6, 6.07) is 1.77. The van der Waals surface area contributed by atoms with Gasteiger partial charge in [0.25, 0.3) is 0 Å². The molecule has 0 aromatic carbocycles. The summed E-state index contributed by atoms with van der Waals surface area (Å²) in [6.45, 7) is 3.08. The van der Waals surface area contributed by atoms with Crippen LogP contribution in [0.4, 0.5) is 28.8 Å². The average Bonchev–Trinajstić information content (AvgIpc) is 3.38. The molecule has 1 amide bonds. The van der Waals surface area contributed by atoms with E-state index in [1.54, 1.807) is 48.2 Å². The highest BCUT2D eigenvalue weighted by Gasteiger charge is 2.14. The van der Waals surface area contributed by atoms with E-state index in [2.05, 4.69) is 41.1 Å². The predicted octanol–water partition coefficient (Wildman–Crippen LogP) is 2.57. The Hall–Kier alpha value is -3.77. The normalized spacial score (nSPS) is 11.0. The molecule has 0 aliphatic carbocycles. The highest BCUT2D eigenvalue weighted by atomic mass is 35.5. The molecular formula is C20H23ClN10O2. The second kappa shape index (κ2) is 9.79. The molecule has 0 aliphatic rings. The number of ether oxygens (including phenoxy) is 1. The molecule has 12 nitrogen and oxygen atoms in total. The second-order valence-corrected chi connectivity index (χ2v) is 7.44. The zero-order chi connectivity index (χ0) is 23.4. The van der Waals surface area contributed by atoms with Gasteiger partial charge in [0.2, 0.25) is 11.9 Å². The number of hydrogen-bond acceptors (Lipinski definition) is 9. The van der Waals surface area contributed by atoms with E-state index >= 15 is 0 Å². The first kappa shape index (κ1) is 22.4. The summed E-state index contributed by atoms with van der Waals surface area (Å²) < 4.78 is 8.50. The Kier molecular flexibility index (Phi) is 6.66. The molecule has 0 atom stereocenters. The van der Waals surface area contributed by atoms with Crippen molar-refractivity contribution in [2.75, 3.05) is 35.5 Å². The van der Waals surface area contributed by atoms with Gasteiger partial charge in [-0.05, 0) is 13.0 Å². The van der Waals surface area contributed by atoms with Crippen molar-refractivity contribution < 1.29 is 9.53 Å². The Labute approximate surface area is 194 Å². The van der Waals surface area contributed by atoms with E-state index in [1.165, 1.54) is 0 Å². The monoisotopic (exact) mass is 470 g/mol. The maximum atomic E-state index is 11.6. The van der Waals surface area contributed by atoms with Gasteiger partial charge in [-0.15, -0.1) is 11.6 Å². The first-order valence-electron chi connectivity index (χ1n) is 10.0. The van der Waals surface area contributed by atoms with Crippen LogP contribution in [0.1, 0.15) is 5.69 Å². The molecule has 0 saturated carbocycles. The maximum absolute atomic E-state index is 11.6. The fourth-order valence-electron chi connectivity index (χ4n) is 3.10. The Morgan fingerprint density at radius 1 is 1.18 bits per heavy atom. The molecule has 4 aromatic heterocycles. The van der Waals surface area contributed by atoms with Crippen LogP contribution in [0.15, 0.2) is 30.9 Å². The van der Waals surface area contributed by atoms with Gasteiger partial charge in [-0.1, -0.05) is 0 Å². The number of hydrogen-bond donors (Lipinski definition) is 3. The molecule has 0 spiro atoms. The Balaban J connectivity index is 1.55. The maximum Gasteiger partial charge on any atom is 0.239 e. The van der Waals surface area contributed by atoms with Crippen LogP contribution in [-0.2, 0) is 23.1 Å². The average molecular weight is 471 g/mol. The SMILES string of the molecule is COCCn1cc(Nc2ncc3c(Nc4cc(NC(=O)CCl)cnc4C)nn(C)c3n2)cn1. The van der Waals surface area contributed by atoms with Crippen molar-refractivity contribution in [3.8, 4) is 0 Å². The molecule has 0 radical (unpaired) electrons. The quantitative estimate of drug-likeness (QED) is 0.315. The number of halogens is 1. The van der Waals surface area contributed by atoms with Crippen LogP contribution in [0.2, 0.25) is 0 Å². The molecule has 13 heteroatoms. The number of amides is 1. The van der Waals surface area contributed by atoms with E-state index in [0.29, 0.717) is 41.9 Å². The summed E-state index contributed by atoms with van der Waals surface area (Å²) in [4.78, 5) is 24.9. The minimum absolute atomic E-state index is 0.136. The number of carbonyl (C=O) groups is 1. The third-order valence-electron chi connectivity index (χ3n) is 4.74. The molecule has 0 fully saturated rings. The summed E-state index contributed by atoms with van der Waals surface area (Å²) in [6.07, 6.45) is 6.82. The summed E-state index contributed by atoms with van der Waals surface area (Å²) >= 11 is 5.57. The van der Waals surface area contributed by atoms with Crippen LogP contribution >= 0.6 is 11.6 Å². The standard InChI is InChI=1S/C20H23ClN10O2/c1-12-16(6-13(8-22-12)25-17(32)7-21)27-18-15-10-23-20(28-19(15)30(2)29-18)26-14-9-24-31(11-14)4-5-33-3/h6,8-11H,4-5,7H2,1-3H3,(H,25,32)(H,27,29)(H,23,26,28). The van der Waals surface area contributed by atoms with Gasteiger partial charge in [-0.2, -0.15) is 15.2 Å². The number of rotatable bonds is 9. The summed E-state index contributed by atoms with van der Waals surface area (Å²) in [5, 5.41) is 18.6. The van der Waals surface area contributed by atoms with Crippen LogP contribution in [-0.4, -0.2) is 60.0 Å². The Morgan fingerprint density at radius 2 is 2.03 bits per heavy atom. The van der Waals surface area contributed by atoms with Gasteiger partial charge >= 0.3 is 0 Å². The van der Waals surface area contributed by atoms with Gasteiger partial charge in [0.1, 0.15) is 5.88 Å². The van der Waals surface area contributed by atoms with Crippen LogP contribution in [0.25, 0.3) is 11.0 Å². The van der Waals surface area contributed by atoms with Crippen LogP contribution in [0.5, 0.6) is 0 Å². The lowest BCUT2D eigenvalue weighted by molar-refractivity contribution is -0.113. The number of carbonyl (C=O) groups excluding carboxylic acids is 1. The van der Waals surface area contributed by atoms with E-state index in [4.69, 9.17) is 16.3 Å². The summed E-state index contributed by atoms with van der Waals surface area (Å²) in [5.74, 6) is 0.543. The zero-order valence-electron chi connectivity index (χ0n) is 18.3. The van der Waals surface area contributed by atoms with E-state index in [9.17, 15) is 4.79 Å². The number of aryl methyl sites for hydroxylation is 2. The number of aromatic nitrogens is 7. The van der Waals surface area contributed by atoms with Gasteiger partial charge in [0.05, 0.1) is 53.7 Å². The molecule has 0 saturated heterocycles. The van der Waals surface area contributed by atoms with Crippen molar-refractivity contribution in [2.24, 2.45) is 7.05 Å². The number of methoxy groups -OCH3 is 1. The highest BCUT2D eigenvalue weighted by Crippen LogP contribution is 2.27. The van der Waals surface area contributed by atoms with E-state index in [0.717, 1.165) is 16.8 Å². The van der Waals surface area contributed by atoms with E-state index < -0.39 is 0 Å². The van der Waals surface area contributed by atoms with Crippen molar-refractivity contribution in [1.29, 1.82) is 0 Å². The number of fused-ring (bicyclic) bond motifs is 1. The topological polar surface area (TPSA) is 137 Å². The summed E-state index contributed by atoms with van der Waals surface area (Å²) in [5.41, 5.74) is 3.36. The van der Waals surface area contributed by atoms with Crippen LogP contribution < -0.4 is 16.0 Å². The smallest absolute Gasteiger partial charge is 0.239 e. The van der Waals surface area contributed by atoms with Gasteiger partial charge in [-0.3, -0.25) is 14.5 Å². The fraction of sp³-hybridized carbons (Fsp3) is 0.300. The third kappa shape index (κ3) is 5.18. The van der Waals surface area contributed by atoms with Crippen molar-refractivity contribution >= 4 is 57.4 Å². The largest absolute Gasteiger partial charge is 0.383 e. The zero-order valence-corrected chi connectivity index (χ0v) is 19.1. The number of nitrogens with one attached hydrogen (secondary N) is 3. The molecule has 4 heterocycles. The molecule has 0 unspecified atom stereocenters. The predicted molar refractivity (Wildman–Crippen MR) is 125 cm³/mol. The minimum Gasteiger partial charge on any atom is -0.383 e. The van der Waals surface area contributed by atoms with Crippen molar-refractivity contribution in [2.45, 2.75) is 13.5 Å². The van der Waals surface area contributed by atoms with Gasteiger partial charge in [-0.25, -0.2) is 9.67 Å². The molecule has 172 valence electrons. The number of anilines is 5. The first-order valence-corrected chi connectivity index (χ1v) is 10.6. The number of nitrogens with zero attached hydrogens (tertiary/aromatic N) is 7. The van der Waals surface area contributed by atoms with Gasteiger partial charge in [0, 0.05) is 26.6 Å². The number of alkyl halides is 1. The number of pyridine rings is 1. The Bertz CT molecular complexity index is 1290. The fourth-order valence-corrected chi connectivity index (χ4v) is 3.17. The highest BCUT2D eigenvalue weighted by molar-refractivity contribution is 6.29. The van der Waals surface area contributed by atoms with Crippen LogP contribution in [0.3, 0.4) is 0 Å². The third-order valence-corrected chi connectivity index (χ3v) is 4.98. The van der Waals surface area contributed by atoms with E-state index in [1.807, 2.05) is 13.1 Å². The van der Waals surface area contributed by atoms with Gasteiger partial charge in [0.15, 0.2) is 11.5 Å². The van der Waals surface area contributed by atoms with Crippen molar-refractivity contribution in [3.05, 3.63) is 36.5 Å². The molecule has 3 N–H and O–H groups in total. The first-order chi connectivity index (χ1) is 16.0. The van der Waals surface area contributed by atoms with Crippen LogP contribution in [0, 0.1) is 6.92 Å². The lowest BCUT2D eigenvalue weighted by atomic mass is 10.2. The molecule has 4 rings (SSSR count). The summed E-state index contributed by atoms with van der Waals surface area (Å²) in [7, 11) is 3.45. The minimum atomic E-state index is -0.311. The van der Waals surface area contributed by atoms with Gasteiger partial charge < -0.3 is 20.7 Å².